The predicted molar refractivity (Wildman–Crippen MR) is 89.7 cm³/mol. The first kappa shape index (κ1) is 15.0. The van der Waals surface area contributed by atoms with Gasteiger partial charge >= 0.3 is 0 Å². The highest BCUT2D eigenvalue weighted by Gasteiger charge is 2.19. The quantitative estimate of drug-likeness (QED) is 0.841. The Labute approximate surface area is 135 Å². The zero-order valence-electron chi connectivity index (χ0n) is 13.3. The number of hydrogen-bond donors (Lipinski definition) is 0. The number of pyridine rings is 1. The SMILES string of the molecule is CN(C)c1nccc(N2CCN(c3ccnc(C#N)c3)CC2)n1. The van der Waals surface area contributed by atoms with Crippen molar-refractivity contribution in [1.82, 2.24) is 15.0 Å². The van der Waals surface area contributed by atoms with Gasteiger partial charge in [-0.25, -0.2) is 9.97 Å². The average molecular weight is 309 g/mol. The van der Waals surface area contributed by atoms with E-state index < -0.39 is 0 Å². The molecule has 3 rings (SSSR count). The van der Waals surface area contributed by atoms with E-state index in [0.717, 1.165) is 43.6 Å². The van der Waals surface area contributed by atoms with Crippen LogP contribution < -0.4 is 14.7 Å². The van der Waals surface area contributed by atoms with Gasteiger partial charge < -0.3 is 14.7 Å². The molecule has 0 N–H and O–H groups in total. The summed E-state index contributed by atoms with van der Waals surface area (Å²) >= 11 is 0. The van der Waals surface area contributed by atoms with Crippen molar-refractivity contribution in [2.75, 3.05) is 55.0 Å². The van der Waals surface area contributed by atoms with Crippen LogP contribution in [0.25, 0.3) is 0 Å². The van der Waals surface area contributed by atoms with E-state index in [0.29, 0.717) is 5.69 Å². The number of aromatic nitrogens is 3. The summed E-state index contributed by atoms with van der Waals surface area (Å²) in [4.78, 5) is 19.3. The molecule has 0 aliphatic carbocycles. The fourth-order valence-electron chi connectivity index (χ4n) is 2.60. The summed E-state index contributed by atoms with van der Waals surface area (Å²) in [5.74, 6) is 1.67. The number of anilines is 3. The summed E-state index contributed by atoms with van der Waals surface area (Å²) in [6.07, 6.45) is 3.49. The molecule has 0 aromatic carbocycles. The zero-order chi connectivity index (χ0) is 16.2. The minimum Gasteiger partial charge on any atom is -0.368 e. The van der Waals surface area contributed by atoms with Crippen LogP contribution in [0.4, 0.5) is 17.5 Å². The lowest BCUT2D eigenvalue weighted by Gasteiger charge is -2.36. The number of rotatable bonds is 3. The standard InChI is InChI=1S/C16H19N7/c1-21(2)16-19-6-4-15(20-16)23-9-7-22(8-10-23)14-3-5-18-13(11-14)12-17/h3-6,11H,7-10H2,1-2H3. The molecule has 1 aliphatic rings. The second-order valence-electron chi connectivity index (χ2n) is 5.59. The average Bonchev–Trinajstić information content (AvgIpc) is 2.62. The maximum Gasteiger partial charge on any atom is 0.226 e. The van der Waals surface area contributed by atoms with Crippen LogP contribution in [0.1, 0.15) is 5.69 Å². The van der Waals surface area contributed by atoms with Crippen LogP contribution in [0.5, 0.6) is 0 Å². The predicted octanol–water partition coefficient (Wildman–Crippen LogP) is 1.14. The minimum absolute atomic E-state index is 0.455. The van der Waals surface area contributed by atoms with Gasteiger partial charge in [-0.3, -0.25) is 0 Å². The molecule has 1 aliphatic heterocycles. The molecule has 0 bridgehead atoms. The van der Waals surface area contributed by atoms with E-state index in [-0.39, 0.29) is 0 Å². The lowest BCUT2D eigenvalue weighted by molar-refractivity contribution is 0.646. The van der Waals surface area contributed by atoms with Crippen LogP contribution in [-0.2, 0) is 0 Å². The fourth-order valence-corrected chi connectivity index (χ4v) is 2.60. The van der Waals surface area contributed by atoms with Gasteiger partial charge in [-0.2, -0.15) is 10.2 Å². The molecule has 1 fully saturated rings. The summed E-state index contributed by atoms with van der Waals surface area (Å²) in [5.41, 5.74) is 1.50. The number of nitrogens with zero attached hydrogens (tertiary/aromatic N) is 7. The van der Waals surface area contributed by atoms with Crippen LogP contribution in [0, 0.1) is 11.3 Å². The smallest absolute Gasteiger partial charge is 0.226 e. The summed E-state index contributed by atoms with van der Waals surface area (Å²) in [6.45, 7) is 3.54. The molecule has 3 heterocycles. The van der Waals surface area contributed by atoms with Crippen LogP contribution in [0.15, 0.2) is 30.6 Å². The Balaban J connectivity index is 1.68. The normalized spacial score (nSPS) is 14.5. The van der Waals surface area contributed by atoms with E-state index >= 15 is 0 Å². The van der Waals surface area contributed by atoms with E-state index in [1.807, 2.05) is 37.2 Å². The van der Waals surface area contributed by atoms with Gasteiger partial charge in [0.05, 0.1) is 0 Å². The van der Waals surface area contributed by atoms with Crippen molar-refractivity contribution in [3.05, 3.63) is 36.3 Å². The lowest BCUT2D eigenvalue weighted by Crippen LogP contribution is -2.47. The first-order valence-corrected chi connectivity index (χ1v) is 7.54. The van der Waals surface area contributed by atoms with E-state index in [9.17, 15) is 0 Å². The van der Waals surface area contributed by atoms with E-state index in [1.54, 1.807) is 12.4 Å². The van der Waals surface area contributed by atoms with Gasteiger partial charge in [0.25, 0.3) is 0 Å². The molecule has 118 valence electrons. The molecule has 7 nitrogen and oxygen atoms in total. The maximum absolute atomic E-state index is 8.96. The highest BCUT2D eigenvalue weighted by molar-refractivity contribution is 5.51. The van der Waals surface area contributed by atoms with Gasteiger partial charge in [-0.05, 0) is 18.2 Å². The van der Waals surface area contributed by atoms with Crippen molar-refractivity contribution in [3.8, 4) is 6.07 Å². The third kappa shape index (κ3) is 3.31. The molecule has 7 heteroatoms. The topological polar surface area (TPSA) is 72.2 Å². The molecule has 0 saturated carbocycles. The first-order chi connectivity index (χ1) is 11.2. The molecule has 0 radical (unpaired) electrons. The van der Waals surface area contributed by atoms with E-state index in [2.05, 4.69) is 30.8 Å². The highest BCUT2D eigenvalue weighted by atomic mass is 15.3. The largest absolute Gasteiger partial charge is 0.368 e. The lowest BCUT2D eigenvalue weighted by atomic mass is 10.2. The Morgan fingerprint density at radius 3 is 2.43 bits per heavy atom. The maximum atomic E-state index is 8.96. The molecule has 0 amide bonds. The van der Waals surface area contributed by atoms with Crippen molar-refractivity contribution in [3.63, 3.8) is 0 Å². The Morgan fingerprint density at radius 2 is 1.74 bits per heavy atom. The molecular formula is C16H19N7. The summed E-state index contributed by atoms with van der Waals surface area (Å²) in [7, 11) is 3.88. The zero-order valence-corrected chi connectivity index (χ0v) is 13.3. The van der Waals surface area contributed by atoms with Crippen LogP contribution in [0.3, 0.4) is 0 Å². The van der Waals surface area contributed by atoms with Gasteiger partial charge in [0.1, 0.15) is 17.6 Å². The van der Waals surface area contributed by atoms with Crippen LogP contribution in [-0.4, -0.2) is 55.2 Å². The molecule has 2 aromatic rings. The first-order valence-electron chi connectivity index (χ1n) is 7.54. The van der Waals surface area contributed by atoms with Gasteiger partial charge in [0, 0.05) is 58.4 Å². The van der Waals surface area contributed by atoms with E-state index in [1.165, 1.54) is 0 Å². The summed E-state index contributed by atoms with van der Waals surface area (Å²) in [6, 6.07) is 7.82. The van der Waals surface area contributed by atoms with Crippen molar-refractivity contribution in [2.45, 2.75) is 0 Å². The fraction of sp³-hybridized carbons (Fsp3) is 0.375. The molecule has 23 heavy (non-hydrogen) atoms. The molecule has 0 unspecified atom stereocenters. The third-order valence-electron chi connectivity index (χ3n) is 3.86. The third-order valence-corrected chi connectivity index (χ3v) is 3.86. The van der Waals surface area contributed by atoms with E-state index in [4.69, 9.17) is 5.26 Å². The molecule has 1 saturated heterocycles. The number of nitriles is 1. The van der Waals surface area contributed by atoms with Gasteiger partial charge in [-0.1, -0.05) is 0 Å². The monoisotopic (exact) mass is 309 g/mol. The van der Waals surface area contributed by atoms with Crippen molar-refractivity contribution in [1.29, 1.82) is 5.26 Å². The van der Waals surface area contributed by atoms with Gasteiger partial charge in [0.2, 0.25) is 5.95 Å². The van der Waals surface area contributed by atoms with Crippen LogP contribution in [0.2, 0.25) is 0 Å². The molecule has 0 spiro atoms. The Morgan fingerprint density at radius 1 is 1.04 bits per heavy atom. The minimum atomic E-state index is 0.455. The Hall–Kier alpha value is -2.88. The summed E-state index contributed by atoms with van der Waals surface area (Å²) < 4.78 is 0. The van der Waals surface area contributed by atoms with Crippen LogP contribution >= 0.6 is 0 Å². The summed E-state index contributed by atoms with van der Waals surface area (Å²) in [5, 5.41) is 8.96. The number of hydrogen-bond acceptors (Lipinski definition) is 7. The van der Waals surface area contributed by atoms with Gasteiger partial charge in [-0.15, -0.1) is 0 Å². The molecule has 0 atom stereocenters. The van der Waals surface area contributed by atoms with Gasteiger partial charge in [0.15, 0.2) is 0 Å². The number of piperazine rings is 1. The molecule has 2 aromatic heterocycles. The Bertz CT molecular complexity index is 714. The second-order valence-corrected chi connectivity index (χ2v) is 5.59. The van der Waals surface area contributed by atoms with Crippen molar-refractivity contribution < 1.29 is 0 Å². The second kappa shape index (κ2) is 6.48. The van der Waals surface area contributed by atoms with Crippen molar-refractivity contribution >= 4 is 17.5 Å². The van der Waals surface area contributed by atoms with Crippen molar-refractivity contribution in [2.24, 2.45) is 0 Å². The Kier molecular flexibility index (Phi) is 4.24. The highest BCUT2D eigenvalue weighted by Crippen LogP contribution is 2.20. The molecular weight excluding hydrogens is 290 g/mol.